The smallest absolute Gasteiger partial charge is 0.246 e. The number of carbonyl (C=O) groups is 1. The molecule has 1 spiro atoms. The molecular formula is C28H36N4O2. The van der Waals surface area contributed by atoms with Gasteiger partial charge >= 0.3 is 0 Å². The molecule has 0 radical (unpaired) electrons. The number of carbonyl (C=O) groups excluding carboxylic acids is 1. The number of rotatable bonds is 3. The fourth-order valence-electron chi connectivity index (χ4n) is 6.22. The topological polar surface area (TPSA) is 59.4 Å². The highest BCUT2D eigenvalue weighted by Crippen LogP contribution is 2.51. The molecule has 1 N–H and O–H groups in total. The van der Waals surface area contributed by atoms with Crippen molar-refractivity contribution in [2.75, 3.05) is 19.6 Å². The summed E-state index contributed by atoms with van der Waals surface area (Å²) in [6.07, 6.45) is 10.0. The summed E-state index contributed by atoms with van der Waals surface area (Å²) >= 11 is 0. The van der Waals surface area contributed by atoms with E-state index in [9.17, 15) is 4.79 Å². The molecule has 6 heteroatoms. The number of ether oxygens (including phenoxy) is 1. The van der Waals surface area contributed by atoms with Crippen LogP contribution in [0.2, 0.25) is 0 Å². The van der Waals surface area contributed by atoms with Crippen LogP contribution in [-0.4, -0.2) is 45.8 Å². The van der Waals surface area contributed by atoms with Crippen LogP contribution in [0.15, 0.2) is 36.4 Å². The third-order valence-electron chi connectivity index (χ3n) is 8.24. The zero-order valence-corrected chi connectivity index (χ0v) is 20.6. The van der Waals surface area contributed by atoms with Crippen LogP contribution in [0.25, 0.3) is 11.3 Å². The summed E-state index contributed by atoms with van der Waals surface area (Å²) in [5.41, 5.74) is 4.30. The first kappa shape index (κ1) is 21.9. The number of amides is 1. The summed E-state index contributed by atoms with van der Waals surface area (Å²) in [6.45, 7) is 9.20. The molecule has 1 aromatic carbocycles. The molecule has 1 saturated carbocycles. The van der Waals surface area contributed by atoms with Gasteiger partial charge in [0.25, 0.3) is 0 Å². The quantitative estimate of drug-likeness (QED) is 0.673. The number of likely N-dealkylation sites (tertiary alicyclic amines) is 1. The third-order valence-corrected chi connectivity index (χ3v) is 8.24. The summed E-state index contributed by atoms with van der Waals surface area (Å²) in [7, 11) is 0. The molecule has 3 aliphatic heterocycles. The van der Waals surface area contributed by atoms with Gasteiger partial charge in [-0.05, 0) is 77.1 Å². The summed E-state index contributed by atoms with van der Waals surface area (Å²) in [4.78, 5) is 14.7. The summed E-state index contributed by atoms with van der Waals surface area (Å²) < 4.78 is 9.11. The molecular weight excluding hydrogens is 424 g/mol. The van der Waals surface area contributed by atoms with Crippen LogP contribution in [0.4, 0.5) is 0 Å². The van der Waals surface area contributed by atoms with Crippen molar-refractivity contribution in [3.05, 3.63) is 47.7 Å². The van der Waals surface area contributed by atoms with Crippen LogP contribution in [0, 0.1) is 12.8 Å². The van der Waals surface area contributed by atoms with E-state index >= 15 is 0 Å². The predicted molar refractivity (Wildman–Crippen MR) is 133 cm³/mol. The number of allylic oxidation sites excluding steroid dienone is 1. The van der Waals surface area contributed by atoms with Crippen molar-refractivity contribution < 1.29 is 9.53 Å². The first-order chi connectivity index (χ1) is 16.4. The van der Waals surface area contributed by atoms with Gasteiger partial charge < -0.3 is 15.0 Å². The summed E-state index contributed by atoms with van der Waals surface area (Å²) in [5, 5.41) is 8.90. The molecule has 4 aliphatic rings. The Bertz CT molecular complexity index is 1140. The van der Waals surface area contributed by atoms with Crippen molar-refractivity contribution in [2.24, 2.45) is 5.92 Å². The first-order valence-electron chi connectivity index (χ1n) is 13.0. The van der Waals surface area contributed by atoms with Gasteiger partial charge in [0, 0.05) is 48.3 Å². The van der Waals surface area contributed by atoms with Gasteiger partial charge in [0.1, 0.15) is 17.0 Å². The van der Waals surface area contributed by atoms with Crippen molar-refractivity contribution in [3.63, 3.8) is 0 Å². The van der Waals surface area contributed by atoms with Gasteiger partial charge in [-0.1, -0.05) is 18.2 Å². The average Bonchev–Trinajstić information content (AvgIpc) is 3.58. The van der Waals surface area contributed by atoms with Crippen LogP contribution in [0.3, 0.4) is 0 Å². The maximum Gasteiger partial charge on any atom is 0.246 e. The van der Waals surface area contributed by atoms with Crippen LogP contribution in [0.5, 0.6) is 5.75 Å². The second-order valence-corrected chi connectivity index (χ2v) is 11.3. The van der Waals surface area contributed by atoms with E-state index in [4.69, 9.17) is 9.84 Å². The lowest BCUT2D eigenvalue weighted by molar-refractivity contribution is -0.129. The molecule has 1 atom stereocenters. The number of hydrogen-bond donors (Lipinski definition) is 1. The Morgan fingerprint density at radius 3 is 2.68 bits per heavy atom. The van der Waals surface area contributed by atoms with E-state index in [0.717, 1.165) is 49.2 Å². The monoisotopic (exact) mass is 460 g/mol. The summed E-state index contributed by atoms with van der Waals surface area (Å²) in [6, 6.07) is 8.68. The Labute approximate surface area is 202 Å². The zero-order chi connectivity index (χ0) is 23.5. The van der Waals surface area contributed by atoms with Crippen LogP contribution in [0.1, 0.15) is 69.7 Å². The SMILES string of the molecule is Cc1c2c(nn1C1CCNC(C)(C)C1)-c1ccccc1OC21CCN(C(=O)/C=C/C2CC2)CC1. The van der Waals surface area contributed by atoms with Crippen molar-refractivity contribution in [2.45, 2.75) is 76.5 Å². The Balaban J connectivity index is 1.34. The molecule has 1 aromatic heterocycles. The molecule has 4 heterocycles. The molecule has 34 heavy (non-hydrogen) atoms. The van der Waals surface area contributed by atoms with Crippen molar-refractivity contribution in [1.29, 1.82) is 0 Å². The molecule has 2 saturated heterocycles. The maximum absolute atomic E-state index is 12.8. The maximum atomic E-state index is 12.8. The molecule has 6 nitrogen and oxygen atoms in total. The van der Waals surface area contributed by atoms with E-state index in [2.05, 4.69) is 55.0 Å². The Morgan fingerprint density at radius 2 is 1.94 bits per heavy atom. The Morgan fingerprint density at radius 1 is 1.18 bits per heavy atom. The van der Waals surface area contributed by atoms with Gasteiger partial charge in [-0.2, -0.15) is 5.10 Å². The minimum absolute atomic E-state index is 0.105. The van der Waals surface area contributed by atoms with Gasteiger partial charge in [0.2, 0.25) is 5.91 Å². The number of benzene rings is 1. The lowest BCUT2D eigenvalue weighted by Gasteiger charge is -2.44. The second kappa shape index (κ2) is 7.98. The fraction of sp³-hybridized carbons (Fsp3) is 0.571. The molecule has 180 valence electrons. The third kappa shape index (κ3) is 3.76. The average molecular weight is 461 g/mol. The van der Waals surface area contributed by atoms with Gasteiger partial charge in [0.05, 0.1) is 6.04 Å². The number of nitrogens with one attached hydrogen (secondary N) is 1. The zero-order valence-electron chi connectivity index (χ0n) is 20.6. The minimum Gasteiger partial charge on any atom is -0.482 e. The fourth-order valence-corrected chi connectivity index (χ4v) is 6.22. The van der Waals surface area contributed by atoms with E-state index < -0.39 is 5.60 Å². The van der Waals surface area contributed by atoms with Gasteiger partial charge in [-0.3, -0.25) is 9.48 Å². The lowest BCUT2D eigenvalue weighted by Crippen LogP contribution is -2.49. The highest BCUT2D eigenvalue weighted by Gasteiger charge is 2.47. The van der Waals surface area contributed by atoms with Crippen LogP contribution in [-0.2, 0) is 10.4 Å². The Hall–Kier alpha value is -2.60. The van der Waals surface area contributed by atoms with Crippen LogP contribution >= 0.6 is 0 Å². The molecule has 0 bridgehead atoms. The Kier molecular flexibility index (Phi) is 5.14. The van der Waals surface area contributed by atoms with Crippen LogP contribution < -0.4 is 10.1 Å². The number of para-hydroxylation sites is 1. The van der Waals surface area contributed by atoms with Gasteiger partial charge in [-0.15, -0.1) is 0 Å². The standard InChI is InChI=1S/C28H36N4O2/c1-19-25-26(30-32(19)21-12-15-29-27(2,3)18-21)22-6-4-5-7-23(22)34-28(25)13-16-31(17-14-28)24(33)11-10-20-8-9-20/h4-7,10-11,20-21,29H,8-9,12-18H2,1-3H3/b11-10+. The number of hydrogen-bond acceptors (Lipinski definition) is 4. The largest absolute Gasteiger partial charge is 0.482 e. The molecule has 2 aromatic rings. The molecule has 1 aliphatic carbocycles. The number of nitrogens with zero attached hydrogens (tertiary/aromatic N) is 3. The van der Waals surface area contributed by atoms with Gasteiger partial charge in [-0.25, -0.2) is 0 Å². The minimum atomic E-state index is -0.425. The lowest BCUT2D eigenvalue weighted by atomic mass is 9.79. The van der Waals surface area contributed by atoms with E-state index in [-0.39, 0.29) is 11.4 Å². The highest BCUT2D eigenvalue weighted by molar-refractivity contribution is 5.87. The summed E-state index contributed by atoms with van der Waals surface area (Å²) in [5.74, 6) is 1.68. The highest BCUT2D eigenvalue weighted by atomic mass is 16.5. The molecule has 1 amide bonds. The van der Waals surface area contributed by atoms with Gasteiger partial charge in [0.15, 0.2) is 0 Å². The number of aromatic nitrogens is 2. The molecule has 3 fully saturated rings. The normalized spacial score (nSPS) is 25.1. The number of piperidine rings is 2. The van der Waals surface area contributed by atoms with Crippen molar-refractivity contribution in [3.8, 4) is 17.0 Å². The van der Waals surface area contributed by atoms with Crippen molar-refractivity contribution in [1.82, 2.24) is 20.0 Å². The molecule has 6 rings (SSSR count). The van der Waals surface area contributed by atoms with E-state index in [1.807, 2.05) is 11.0 Å². The first-order valence-corrected chi connectivity index (χ1v) is 13.0. The van der Waals surface area contributed by atoms with E-state index in [1.54, 1.807) is 6.08 Å². The van der Waals surface area contributed by atoms with E-state index in [0.29, 0.717) is 25.0 Å². The second-order valence-electron chi connectivity index (χ2n) is 11.3. The van der Waals surface area contributed by atoms with E-state index in [1.165, 1.54) is 24.1 Å². The number of fused-ring (bicyclic) bond motifs is 4. The molecule has 1 unspecified atom stereocenters. The van der Waals surface area contributed by atoms with Crippen molar-refractivity contribution >= 4 is 5.91 Å². The predicted octanol–water partition coefficient (Wildman–Crippen LogP) is 4.74.